The summed E-state index contributed by atoms with van der Waals surface area (Å²) in [5.74, 6) is 0. The predicted octanol–water partition coefficient (Wildman–Crippen LogP) is 6.05. The average molecular weight is 446 g/mol. The first-order chi connectivity index (χ1) is 15.7. The van der Waals surface area contributed by atoms with Gasteiger partial charge in [-0.1, -0.05) is 66.7 Å². The van der Waals surface area contributed by atoms with Crippen molar-refractivity contribution in [2.75, 3.05) is 20.1 Å². The van der Waals surface area contributed by atoms with Crippen molar-refractivity contribution >= 4 is 11.9 Å². The Labute approximate surface area is 197 Å². The molecule has 1 unspecified atom stereocenters. The van der Waals surface area contributed by atoms with Gasteiger partial charge in [-0.2, -0.15) is 0 Å². The second-order valence-corrected chi connectivity index (χ2v) is 10.0. The highest BCUT2D eigenvalue weighted by Crippen LogP contribution is 2.35. The fourth-order valence-electron chi connectivity index (χ4n) is 4.69. The van der Waals surface area contributed by atoms with E-state index in [9.17, 15) is 0 Å². The summed E-state index contributed by atoms with van der Waals surface area (Å²) in [7, 11) is 2.15. The molecule has 168 valence electrons. The lowest BCUT2D eigenvalue weighted by Crippen LogP contribution is -2.32. The van der Waals surface area contributed by atoms with E-state index in [4.69, 9.17) is 5.73 Å². The Kier molecular flexibility index (Phi) is 8.41. The van der Waals surface area contributed by atoms with Gasteiger partial charge in [0.2, 0.25) is 0 Å². The van der Waals surface area contributed by atoms with Gasteiger partial charge < -0.3 is 5.73 Å². The summed E-state index contributed by atoms with van der Waals surface area (Å²) in [6, 6.07) is 29.2. The lowest BCUT2D eigenvalue weighted by Gasteiger charge is -2.36. The van der Waals surface area contributed by atoms with Gasteiger partial charge in [-0.25, -0.2) is 4.31 Å². The molecule has 1 aliphatic rings. The van der Waals surface area contributed by atoms with Gasteiger partial charge >= 0.3 is 0 Å². The van der Waals surface area contributed by atoms with Gasteiger partial charge in [0.15, 0.2) is 0 Å². The minimum Gasteiger partial charge on any atom is -0.330 e. The average Bonchev–Trinajstić information content (AvgIpc) is 2.83. The summed E-state index contributed by atoms with van der Waals surface area (Å²) in [5.41, 5.74) is 11.6. The van der Waals surface area contributed by atoms with Crippen LogP contribution in [0.3, 0.4) is 0 Å². The first-order valence-electron chi connectivity index (χ1n) is 11.8. The van der Waals surface area contributed by atoms with Crippen LogP contribution in [0.5, 0.6) is 0 Å². The van der Waals surface area contributed by atoms with E-state index in [2.05, 4.69) is 95.1 Å². The van der Waals surface area contributed by atoms with Crippen molar-refractivity contribution in [1.82, 2.24) is 9.21 Å². The molecule has 4 heteroatoms. The van der Waals surface area contributed by atoms with Crippen LogP contribution in [0.1, 0.15) is 47.6 Å². The van der Waals surface area contributed by atoms with Crippen LogP contribution in [0.2, 0.25) is 0 Å². The van der Waals surface area contributed by atoms with Gasteiger partial charge in [0.05, 0.1) is 0 Å². The van der Waals surface area contributed by atoms with Crippen molar-refractivity contribution in [3.8, 4) is 0 Å². The molecule has 3 aromatic carbocycles. The topological polar surface area (TPSA) is 32.5 Å². The smallest absolute Gasteiger partial charge is 0.0354 e. The number of fused-ring (bicyclic) bond motifs is 1. The molecule has 3 aromatic rings. The Morgan fingerprint density at radius 3 is 2.38 bits per heavy atom. The van der Waals surface area contributed by atoms with Gasteiger partial charge in [0.1, 0.15) is 0 Å². The lowest BCUT2D eigenvalue weighted by atomic mass is 9.86. The normalized spacial score (nSPS) is 15.8. The van der Waals surface area contributed by atoms with Crippen molar-refractivity contribution in [1.29, 1.82) is 0 Å². The molecule has 0 saturated heterocycles. The van der Waals surface area contributed by atoms with Crippen molar-refractivity contribution in [2.45, 2.75) is 49.7 Å². The quantitative estimate of drug-likeness (QED) is 0.385. The van der Waals surface area contributed by atoms with E-state index in [0.29, 0.717) is 6.04 Å². The number of rotatable bonds is 10. The fourth-order valence-corrected chi connectivity index (χ4v) is 5.52. The van der Waals surface area contributed by atoms with Gasteiger partial charge in [-0.15, -0.1) is 0 Å². The van der Waals surface area contributed by atoms with E-state index in [1.807, 2.05) is 0 Å². The Hall–Kier alpha value is -2.11. The molecule has 0 radical (unpaired) electrons. The molecule has 4 rings (SSSR count). The van der Waals surface area contributed by atoms with Gasteiger partial charge in [-0.3, -0.25) is 4.90 Å². The largest absolute Gasteiger partial charge is 0.330 e. The summed E-state index contributed by atoms with van der Waals surface area (Å²) in [6.45, 7) is 3.70. The molecule has 1 atom stereocenters. The van der Waals surface area contributed by atoms with Crippen LogP contribution < -0.4 is 5.73 Å². The van der Waals surface area contributed by atoms with Crippen LogP contribution >= 0.6 is 11.9 Å². The second-order valence-electron chi connectivity index (χ2n) is 8.73. The minimum atomic E-state index is 0.498. The molecule has 32 heavy (non-hydrogen) atoms. The third-order valence-corrected chi connectivity index (χ3v) is 7.17. The maximum atomic E-state index is 5.88. The lowest BCUT2D eigenvalue weighted by molar-refractivity contribution is 0.168. The maximum Gasteiger partial charge on any atom is 0.0354 e. The fraction of sp³-hybridized carbons (Fsp3) is 0.357. The molecule has 2 N–H and O–H groups in total. The van der Waals surface area contributed by atoms with E-state index in [0.717, 1.165) is 32.6 Å². The molecule has 0 aliphatic heterocycles. The van der Waals surface area contributed by atoms with E-state index in [1.165, 1.54) is 46.4 Å². The summed E-state index contributed by atoms with van der Waals surface area (Å²) in [6.07, 6.45) is 4.75. The molecular formula is C28H35N3S. The third-order valence-electron chi connectivity index (χ3n) is 6.25. The van der Waals surface area contributed by atoms with Crippen LogP contribution in [0.25, 0.3) is 0 Å². The number of hydrogen-bond acceptors (Lipinski definition) is 4. The Bertz CT molecular complexity index is 958. The summed E-state index contributed by atoms with van der Waals surface area (Å²) >= 11 is 1.80. The molecule has 0 bridgehead atoms. The highest BCUT2D eigenvalue weighted by molar-refractivity contribution is 7.97. The van der Waals surface area contributed by atoms with E-state index in [-0.39, 0.29) is 0 Å². The van der Waals surface area contributed by atoms with E-state index < -0.39 is 0 Å². The number of nitrogens with two attached hydrogens (primary N) is 1. The number of aryl methyl sites for hydroxylation is 1. The highest BCUT2D eigenvalue weighted by atomic mass is 32.2. The zero-order valence-corrected chi connectivity index (χ0v) is 19.9. The summed E-state index contributed by atoms with van der Waals surface area (Å²) < 4.78 is 2.29. The zero-order chi connectivity index (χ0) is 22.2. The third kappa shape index (κ3) is 6.23. The molecule has 0 heterocycles. The first kappa shape index (κ1) is 23.1. The number of nitrogens with zero attached hydrogens (tertiary/aromatic N) is 2. The van der Waals surface area contributed by atoms with Crippen LogP contribution in [0.15, 0.2) is 83.8 Å². The molecule has 0 fully saturated rings. The molecule has 0 spiro atoms. The van der Waals surface area contributed by atoms with Crippen molar-refractivity contribution in [3.05, 3.63) is 101 Å². The SMILES string of the molecule is CN(Cc1ccccc1)Sc1ccc(CN(CCCN)C2CCCc3ccccc32)cc1. The maximum absolute atomic E-state index is 5.88. The molecular weight excluding hydrogens is 410 g/mol. The first-order valence-corrected chi connectivity index (χ1v) is 12.5. The van der Waals surface area contributed by atoms with Crippen molar-refractivity contribution < 1.29 is 0 Å². The molecule has 0 amide bonds. The summed E-state index contributed by atoms with van der Waals surface area (Å²) in [5, 5.41) is 0. The Morgan fingerprint density at radius 1 is 0.875 bits per heavy atom. The number of benzene rings is 3. The second kappa shape index (κ2) is 11.7. The standard InChI is InChI=1S/C28H35N3S/c1-30(21-23-9-3-2-4-10-23)32-26-17-15-24(16-18-26)22-31(20-8-19-29)28-14-7-12-25-11-5-6-13-27(25)28/h2-6,9-11,13,15-18,28H,7-8,12,14,19-22,29H2,1H3. The van der Waals surface area contributed by atoms with Crippen LogP contribution in [0.4, 0.5) is 0 Å². The Morgan fingerprint density at radius 2 is 1.59 bits per heavy atom. The molecule has 1 aliphatic carbocycles. The van der Waals surface area contributed by atoms with Crippen molar-refractivity contribution in [2.24, 2.45) is 5.73 Å². The van der Waals surface area contributed by atoms with E-state index >= 15 is 0 Å². The summed E-state index contributed by atoms with van der Waals surface area (Å²) in [4.78, 5) is 3.93. The zero-order valence-electron chi connectivity index (χ0n) is 19.1. The highest BCUT2D eigenvalue weighted by Gasteiger charge is 2.25. The molecule has 0 aromatic heterocycles. The van der Waals surface area contributed by atoms with Crippen molar-refractivity contribution in [3.63, 3.8) is 0 Å². The number of hydrogen-bond donors (Lipinski definition) is 1. The van der Waals surface area contributed by atoms with Crippen LogP contribution in [0, 0.1) is 0 Å². The van der Waals surface area contributed by atoms with Crippen LogP contribution in [-0.2, 0) is 19.5 Å². The van der Waals surface area contributed by atoms with Gasteiger partial charge in [0, 0.05) is 30.6 Å². The molecule has 0 saturated carbocycles. The Balaban J connectivity index is 1.41. The van der Waals surface area contributed by atoms with Crippen LogP contribution in [-0.4, -0.2) is 29.3 Å². The van der Waals surface area contributed by atoms with E-state index in [1.54, 1.807) is 11.9 Å². The molecule has 3 nitrogen and oxygen atoms in total. The monoisotopic (exact) mass is 445 g/mol. The van der Waals surface area contributed by atoms with Gasteiger partial charge in [0.25, 0.3) is 0 Å². The predicted molar refractivity (Wildman–Crippen MR) is 136 cm³/mol. The van der Waals surface area contributed by atoms with Gasteiger partial charge in [-0.05, 0) is 85.6 Å². The minimum absolute atomic E-state index is 0.498.